The number of aliphatic carboxylic acids is 1. The van der Waals surface area contributed by atoms with Gasteiger partial charge in [-0.05, 0) is 24.7 Å². The van der Waals surface area contributed by atoms with Gasteiger partial charge in [0.1, 0.15) is 0 Å². The molecule has 1 aliphatic heterocycles. The maximum Gasteiger partial charge on any atom is 0.317 e. The van der Waals surface area contributed by atoms with Gasteiger partial charge in [-0.3, -0.25) is 4.79 Å². The first-order chi connectivity index (χ1) is 8.97. The van der Waals surface area contributed by atoms with Crippen LogP contribution in [0.15, 0.2) is 0 Å². The third-order valence-corrected chi connectivity index (χ3v) is 5.07. The molecule has 2 fully saturated rings. The van der Waals surface area contributed by atoms with E-state index in [0.717, 1.165) is 13.0 Å². The van der Waals surface area contributed by atoms with E-state index in [0.29, 0.717) is 18.5 Å². The highest BCUT2D eigenvalue weighted by Gasteiger charge is 2.39. The Labute approximate surface area is 114 Å². The molecule has 1 aliphatic carbocycles. The largest absolute Gasteiger partial charge is 0.481 e. The Morgan fingerprint density at radius 3 is 2.47 bits per heavy atom. The second-order valence-corrected chi connectivity index (χ2v) is 6.16. The summed E-state index contributed by atoms with van der Waals surface area (Å²) in [5.41, 5.74) is 0.328. The summed E-state index contributed by atoms with van der Waals surface area (Å²) < 4.78 is 0. The number of carboxylic acids is 1. The van der Waals surface area contributed by atoms with Crippen LogP contribution in [0.4, 0.5) is 4.79 Å². The van der Waals surface area contributed by atoms with Crippen molar-refractivity contribution in [2.45, 2.75) is 39.5 Å². The summed E-state index contributed by atoms with van der Waals surface area (Å²) in [4.78, 5) is 24.5. The number of likely N-dealkylation sites (tertiary alicyclic amines) is 1. The molecule has 2 N–H and O–H groups in total. The van der Waals surface area contributed by atoms with Gasteiger partial charge in [0.05, 0.1) is 5.92 Å². The number of nitrogens with one attached hydrogen (secondary N) is 1. The molecule has 2 amide bonds. The highest BCUT2D eigenvalue weighted by Crippen LogP contribution is 2.43. The number of nitrogens with zero attached hydrogens (tertiary/aromatic N) is 1. The van der Waals surface area contributed by atoms with Crippen molar-refractivity contribution in [3.8, 4) is 0 Å². The summed E-state index contributed by atoms with van der Waals surface area (Å²) >= 11 is 0. The normalized spacial score (nSPS) is 23.2. The fraction of sp³-hybridized carbons (Fsp3) is 0.857. The van der Waals surface area contributed by atoms with E-state index < -0.39 is 5.97 Å². The number of carboxylic acid groups (broad SMARTS) is 1. The van der Waals surface area contributed by atoms with E-state index >= 15 is 0 Å². The monoisotopic (exact) mass is 268 g/mol. The van der Waals surface area contributed by atoms with Crippen LogP contribution in [0, 0.1) is 17.3 Å². The van der Waals surface area contributed by atoms with Crippen molar-refractivity contribution < 1.29 is 14.7 Å². The molecule has 1 heterocycles. The van der Waals surface area contributed by atoms with E-state index in [1.807, 2.05) is 0 Å². The number of hydrogen-bond acceptors (Lipinski definition) is 2. The molecule has 0 bridgehead atoms. The molecule has 0 spiro atoms. The number of rotatable bonds is 5. The van der Waals surface area contributed by atoms with Gasteiger partial charge in [-0.1, -0.05) is 20.3 Å². The predicted molar refractivity (Wildman–Crippen MR) is 71.8 cm³/mol. The molecule has 2 rings (SSSR count). The molecule has 2 aliphatic rings. The molecule has 0 aromatic carbocycles. The lowest BCUT2D eigenvalue weighted by molar-refractivity contribution is -0.144. The second kappa shape index (κ2) is 5.39. The fourth-order valence-electron chi connectivity index (χ4n) is 2.90. The van der Waals surface area contributed by atoms with Gasteiger partial charge in [-0.25, -0.2) is 4.79 Å². The van der Waals surface area contributed by atoms with Gasteiger partial charge in [0.2, 0.25) is 0 Å². The zero-order chi connectivity index (χ0) is 14.0. The van der Waals surface area contributed by atoms with E-state index in [-0.39, 0.29) is 17.9 Å². The molecule has 0 aromatic rings. The maximum absolute atomic E-state index is 11.9. The number of carbonyl (C=O) groups is 2. The lowest BCUT2D eigenvalue weighted by Crippen LogP contribution is -2.57. The smallest absolute Gasteiger partial charge is 0.317 e. The Kier molecular flexibility index (Phi) is 4.02. The summed E-state index contributed by atoms with van der Waals surface area (Å²) in [5.74, 6) is -1.03. The summed E-state index contributed by atoms with van der Waals surface area (Å²) in [6.45, 7) is 5.79. The van der Waals surface area contributed by atoms with Crippen molar-refractivity contribution in [2.24, 2.45) is 17.3 Å². The molecule has 1 saturated heterocycles. The molecule has 0 aromatic heterocycles. The summed E-state index contributed by atoms with van der Waals surface area (Å²) in [5, 5.41) is 11.9. The van der Waals surface area contributed by atoms with Crippen LogP contribution in [0.1, 0.15) is 39.5 Å². The first-order valence-electron chi connectivity index (χ1n) is 7.23. The average Bonchev–Trinajstić information content (AvgIpc) is 2.25. The van der Waals surface area contributed by atoms with Crippen molar-refractivity contribution in [1.29, 1.82) is 0 Å². The molecule has 19 heavy (non-hydrogen) atoms. The van der Waals surface area contributed by atoms with Crippen LogP contribution in [0.25, 0.3) is 0 Å². The van der Waals surface area contributed by atoms with Gasteiger partial charge < -0.3 is 15.3 Å². The van der Waals surface area contributed by atoms with Crippen LogP contribution in [-0.2, 0) is 4.79 Å². The summed E-state index contributed by atoms with van der Waals surface area (Å²) in [6, 6.07) is -0.0337. The van der Waals surface area contributed by atoms with Gasteiger partial charge in [0, 0.05) is 25.6 Å². The van der Waals surface area contributed by atoms with Crippen molar-refractivity contribution >= 4 is 12.0 Å². The van der Waals surface area contributed by atoms with E-state index in [4.69, 9.17) is 5.11 Å². The van der Waals surface area contributed by atoms with Crippen molar-refractivity contribution in [2.75, 3.05) is 19.6 Å². The zero-order valence-electron chi connectivity index (χ0n) is 11.8. The molecule has 1 unspecified atom stereocenters. The van der Waals surface area contributed by atoms with Crippen LogP contribution in [0.5, 0.6) is 0 Å². The Hall–Kier alpha value is -1.26. The predicted octanol–water partition coefficient (Wildman–Crippen LogP) is 1.93. The third-order valence-electron chi connectivity index (χ3n) is 5.07. The minimum Gasteiger partial charge on any atom is -0.481 e. The second-order valence-electron chi connectivity index (χ2n) is 6.16. The molecule has 1 atom stereocenters. The van der Waals surface area contributed by atoms with Gasteiger partial charge in [0.15, 0.2) is 0 Å². The quantitative estimate of drug-likeness (QED) is 0.800. The molecular formula is C14H24N2O3. The van der Waals surface area contributed by atoms with Crippen molar-refractivity contribution in [3.63, 3.8) is 0 Å². The third kappa shape index (κ3) is 2.85. The summed E-state index contributed by atoms with van der Waals surface area (Å²) in [7, 11) is 0. The topological polar surface area (TPSA) is 69.6 Å². The minimum absolute atomic E-state index is 0.0337. The summed E-state index contributed by atoms with van der Waals surface area (Å²) in [6.07, 6.45) is 4.81. The number of amides is 2. The van der Waals surface area contributed by atoms with Crippen molar-refractivity contribution in [3.05, 3.63) is 0 Å². The molecule has 5 heteroatoms. The van der Waals surface area contributed by atoms with Gasteiger partial charge in [-0.2, -0.15) is 0 Å². The van der Waals surface area contributed by atoms with Crippen LogP contribution in [0.2, 0.25) is 0 Å². The zero-order valence-corrected chi connectivity index (χ0v) is 11.8. The SMILES string of the molecule is CCC1(CNC(=O)N2CC(C(C)C(=O)O)C2)CCC1. The standard InChI is InChI=1S/C14H24N2O3/c1-3-14(5-4-6-14)9-15-13(19)16-7-11(8-16)10(2)12(17)18/h10-11H,3-9H2,1-2H3,(H,15,19)(H,17,18). The molecule has 5 nitrogen and oxygen atoms in total. The van der Waals surface area contributed by atoms with E-state index in [2.05, 4.69) is 12.2 Å². The highest BCUT2D eigenvalue weighted by atomic mass is 16.4. The van der Waals surface area contributed by atoms with E-state index in [1.54, 1.807) is 11.8 Å². The number of carbonyl (C=O) groups excluding carboxylic acids is 1. The average molecular weight is 268 g/mol. The van der Waals surface area contributed by atoms with E-state index in [1.165, 1.54) is 19.3 Å². The van der Waals surface area contributed by atoms with Crippen LogP contribution in [0.3, 0.4) is 0 Å². The Morgan fingerprint density at radius 1 is 1.42 bits per heavy atom. The Balaban J connectivity index is 1.70. The molecular weight excluding hydrogens is 244 g/mol. The first-order valence-corrected chi connectivity index (χ1v) is 7.23. The van der Waals surface area contributed by atoms with Gasteiger partial charge >= 0.3 is 12.0 Å². The lowest BCUT2D eigenvalue weighted by Gasteiger charge is -2.44. The molecule has 1 saturated carbocycles. The van der Waals surface area contributed by atoms with E-state index in [9.17, 15) is 9.59 Å². The lowest BCUT2D eigenvalue weighted by atomic mass is 9.67. The van der Waals surface area contributed by atoms with Crippen LogP contribution < -0.4 is 5.32 Å². The van der Waals surface area contributed by atoms with Crippen LogP contribution >= 0.6 is 0 Å². The molecule has 108 valence electrons. The first kappa shape index (κ1) is 14.2. The van der Waals surface area contributed by atoms with Crippen LogP contribution in [-0.4, -0.2) is 41.6 Å². The maximum atomic E-state index is 11.9. The minimum atomic E-state index is -0.774. The Bertz CT molecular complexity index is 354. The van der Waals surface area contributed by atoms with Gasteiger partial charge in [0.25, 0.3) is 0 Å². The number of hydrogen-bond donors (Lipinski definition) is 2. The Morgan fingerprint density at radius 2 is 2.05 bits per heavy atom. The van der Waals surface area contributed by atoms with Crippen molar-refractivity contribution in [1.82, 2.24) is 10.2 Å². The fourth-order valence-corrected chi connectivity index (χ4v) is 2.90. The van der Waals surface area contributed by atoms with Gasteiger partial charge in [-0.15, -0.1) is 0 Å². The number of urea groups is 1. The highest BCUT2D eigenvalue weighted by molar-refractivity contribution is 5.76. The molecule has 0 radical (unpaired) electrons.